The van der Waals surface area contributed by atoms with Crippen LogP contribution in [0.4, 0.5) is 0 Å². The largest absolute Gasteiger partial charge is 0.496 e. The molecule has 0 aliphatic rings. The molecule has 0 fully saturated rings. The van der Waals surface area contributed by atoms with Gasteiger partial charge in [-0.3, -0.25) is 4.79 Å². The molecule has 0 bridgehead atoms. The van der Waals surface area contributed by atoms with Crippen LogP contribution in [-0.4, -0.2) is 12.9 Å². The summed E-state index contributed by atoms with van der Waals surface area (Å²) in [6, 6.07) is 13.5. The van der Waals surface area contributed by atoms with Gasteiger partial charge in [-0.05, 0) is 31.0 Å². The number of carbonyl (C=O) groups excluding carboxylic acids is 1. The predicted octanol–water partition coefficient (Wildman–Crippen LogP) is 3.79. The van der Waals surface area contributed by atoms with Gasteiger partial charge in [-0.25, -0.2) is 0 Å². The summed E-state index contributed by atoms with van der Waals surface area (Å²) in [4.78, 5) is 11.5. The van der Waals surface area contributed by atoms with Gasteiger partial charge in [0.25, 0.3) is 0 Å². The lowest BCUT2D eigenvalue weighted by atomic mass is 10.1. The van der Waals surface area contributed by atoms with Crippen LogP contribution in [-0.2, 0) is 6.61 Å². The Hall–Kier alpha value is -2.29. The second kappa shape index (κ2) is 6.24. The molecule has 20 heavy (non-hydrogen) atoms. The van der Waals surface area contributed by atoms with Crippen LogP contribution in [0.1, 0.15) is 28.4 Å². The summed E-state index contributed by atoms with van der Waals surface area (Å²) in [6.45, 7) is 3.94. The van der Waals surface area contributed by atoms with Crippen molar-refractivity contribution in [2.75, 3.05) is 7.11 Å². The van der Waals surface area contributed by atoms with Gasteiger partial charge in [-0.1, -0.05) is 30.3 Å². The number of ether oxygens (including phenoxy) is 2. The van der Waals surface area contributed by atoms with Crippen LogP contribution in [0.3, 0.4) is 0 Å². The molecule has 0 unspecified atom stereocenters. The normalized spacial score (nSPS) is 10.2. The zero-order valence-corrected chi connectivity index (χ0v) is 12.0. The molecule has 0 radical (unpaired) electrons. The van der Waals surface area contributed by atoms with Crippen LogP contribution in [0, 0.1) is 6.92 Å². The van der Waals surface area contributed by atoms with Crippen molar-refractivity contribution in [1.82, 2.24) is 0 Å². The molecular weight excluding hydrogens is 252 g/mol. The lowest BCUT2D eigenvalue weighted by Gasteiger charge is -2.13. The van der Waals surface area contributed by atoms with E-state index in [1.165, 1.54) is 6.92 Å². The van der Waals surface area contributed by atoms with Gasteiger partial charge in [0.1, 0.15) is 18.1 Å². The van der Waals surface area contributed by atoms with Crippen LogP contribution < -0.4 is 9.47 Å². The number of hydrogen-bond acceptors (Lipinski definition) is 3. The van der Waals surface area contributed by atoms with E-state index in [0.29, 0.717) is 17.9 Å². The smallest absolute Gasteiger partial charge is 0.163 e. The molecule has 2 aromatic rings. The van der Waals surface area contributed by atoms with E-state index in [9.17, 15) is 4.79 Å². The third-order valence-electron chi connectivity index (χ3n) is 3.11. The fourth-order valence-corrected chi connectivity index (χ4v) is 2.00. The molecule has 0 aliphatic carbocycles. The van der Waals surface area contributed by atoms with Crippen molar-refractivity contribution in [2.45, 2.75) is 20.5 Å². The van der Waals surface area contributed by atoms with Crippen LogP contribution in [0.25, 0.3) is 0 Å². The van der Waals surface area contributed by atoms with E-state index in [0.717, 1.165) is 16.9 Å². The summed E-state index contributed by atoms with van der Waals surface area (Å²) in [5, 5.41) is 0. The zero-order chi connectivity index (χ0) is 14.5. The number of rotatable bonds is 5. The Bertz CT molecular complexity index is 603. The maximum Gasteiger partial charge on any atom is 0.163 e. The Kier molecular flexibility index (Phi) is 4.41. The minimum atomic E-state index is -0.0143. The van der Waals surface area contributed by atoms with Crippen molar-refractivity contribution < 1.29 is 14.3 Å². The second-order valence-electron chi connectivity index (χ2n) is 4.65. The van der Waals surface area contributed by atoms with Gasteiger partial charge in [0, 0.05) is 6.07 Å². The molecule has 0 atom stereocenters. The number of ketones is 1. The van der Waals surface area contributed by atoms with Crippen LogP contribution >= 0.6 is 0 Å². The zero-order valence-electron chi connectivity index (χ0n) is 12.0. The number of benzene rings is 2. The van der Waals surface area contributed by atoms with Crippen LogP contribution in [0.2, 0.25) is 0 Å². The van der Waals surface area contributed by atoms with Crippen molar-refractivity contribution in [3.05, 3.63) is 59.2 Å². The Morgan fingerprint density at radius 2 is 1.80 bits per heavy atom. The maximum absolute atomic E-state index is 11.5. The summed E-state index contributed by atoms with van der Waals surface area (Å²) >= 11 is 0. The maximum atomic E-state index is 11.5. The Morgan fingerprint density at radius 3 is 2.40 bits per heavy atom. The lowest BCUT2D eigenvalue weighted by molar-refractivity contribution is 0.101. The van der Waals surface area contributed by atoms with Gasteiger partial charge < -0.3 is 9.47 Å². The molecule has 3 heteroatoms. The van der Waals surface area contributed by atoms with Crippen LogP contribution in [0.5, 0.6) is 11.5 Å². The number of carbonyl (C=O) groups is 1. The monoisotopic (exact) mass is 270 g/mol. The van der Waals surface area contributed by atoms with Gasteiger partial charge >= 0.3 is 0 Å². The van der Waals surface area contributed by atoms with E-state index >= 15 is 0 Å². The summed E-state index contributed by atoms with van der Waals surface area (Å²) < 4.78 is 11.1. The fraction of sp³-hybridized carbons (Fsp3) is 0.235. The van der Waals surface area contributed by atoms with Crippen molar-refractivity contribution in [3.63, 3.8) is 0 Å². The van der Waals surface area contributed by atoms with Crippen molar-refractivity contribution in [1.29, 1.82) is 0 Å². The molecule has 0 aliphatic heterocycles. The highest BCUT2D eigenvalue weighted by Crippen LogP contribution is 2.29. The van der Waals surface area contributed by atoms with Gasteiger partial charge in [-0.2, -0.15) is 0 Å². The molecule has 0 aromatic heterocycles. The van der Waals surface area contributed by atoms with E-state index in [2.05, 4.69) is 0 Å². The quantitative estimate of drug-likeness (QED) is 0.775. The first kappa shape index (κ1) is 14.1. The first-order chi connectivity index (χ1) is 9.61. The fourth-order valence-electron chi connectivity index (χ4n) is 2.00. The van der Waals surface area contributed by atoms with Crippen molar-refractivity contribution in [3.8, 4) is 11.5 Å². The molecule has 104 valence electrons. The lowest BCUT2D eigenvalue weighted by Crippen LogP contribution is -2.02. The minimum Gasteiger partial charge on any atom is -0.496 e. The highest BCUT2D eigenvalue weighted by Gasteiger charge is 2.12. The van der Waals surface area contributed by atoms with E-state index in [1.807, 2.05) is 43.3 Å². The van der Waals surface area contributed by atoms with Gasteiger partial charge in [0.15, 0.2) is 5.78 Å². The molecule has 2 aromatic carbocycles. The Morgan fingerprint density at radius 1 is 1.10 bits per heavy atom. The molecule has 0 spiro atoms. The summed E-state index contributed by atoms with van der Waals surface area (Å²) in [5.74, 6) is 1.27. The van der Waals surface area contributed by atoms with Gasteiger partial charge in [-0.15, -0.1) is 0 Å². The Labute approximate surface area is 119 Å². The minimum absolute atomic E-state index is 0.0143. The Balaban J connectivity index is 2.22. The second-order valence-corrected chi connectivity index (χ2v) is 4.65. The molecule has 0 heterocycles. The third kappa shape index (κ3) is 3.18. The first-order valence-corrected chi connectivity index (χ1v) is 6.48. The van der Waals surface area contributed by atoms with Crippen molar-refractivity contribution >= 4 is 5.78 Å². The highest BCUT2D eigenvalue weighted by atomic mass is 16.5. The summed E-state index contributed by atoms with van der Waals surface area (Å²) in [5.41, 5.74) is 2.60. The molecule has 3 nitrogen and oxygen atoms in total. The number of Topliss-reactive ketones (excluding diaryl/α,β-unsaturated/α-hetero) is 1. The van der Waals surface area contributed by atoms with Gasteiger partial charge in [0.05, 0.1) is 12.7 Å². The number of methoxy groups -OCH3 is 1. The number of hydrogen-bond donors (Lipinski definition) is 0. The number of aryl methyl sites for hydroxylation is 1. The molecule has 0 amide bonds. The average Bonchev–Trinajstić information content (AvgIpc) is 2.46. The molecular formula is C17H18O3. The standard InChI is InChI=1S/C17H18O3/c1-12-9-15(13(2)18)17(19-3)10-16(12)20-11-14-7-5-4-6-8-14/h4-10H,11H2,1-3H3. The van der Waals surface area contributed by atoms with E-state index < -0.39 is 0 Å². The first-order valence-electron chi connectivity index (χ1n) is 6.48. The van der Waals surface area contributed by atoms with Crippen LogP contribution in [0.15, 0.2) is 42.5 Å². The SMILES string of the molecule is COc1cc(OCc2ccccc2)c(C)cc1C(C)=O. The molecule has 2 rings (SSSR count). The molecule has 0 saturated heterocycles. The van der Waals surface area contributed by atoms with Crippen molar-refractivity contribution in [2.24, 2.45) is 0 Å². The molecule has 0 N–H and O–H groups in total. The topological polar surface area (TPSA) is 35.5 Å². The highest BCUT2D eigenvalue weighted by molar-refractivity contribution is 5.97. The van der Waals surface area contributed by atoms with Gasteiger partial charge in [0.2, 0.25) is 0 Å². The van der Waals surface area contributed by atoms with E-state index in [4.69, 9.17) is 9.47 Å². The predicted molar refractivity (Wildman–Crippen MR) is 78.5 cm³/mol. The molecule has 0 saturated carbocycles. The summed E-state index contributed by atoms with van der Waals surface area (Å²) in [6.07, 6.45) is 0. The van der Waals surface area contributed by atoms with E-state index in [1.54, 1.807) is 13.2 Å². The summed E-state index contributed by atoms with van der Waals surface area (Å²) in [7, 11) is 1.55. The third-order valence-corrected chi connectivity index (χ3v) is 3.11. The average molecular weight is 270 g/mol. The van der Waals surface area contributed by atoms with E-state index in [-0.39, 0.29) is 5.78 Å².